The van der Waals surface area contributed by atoms with Gasteiger partial charge in [0, 0.05) is 25.7 Å². The largest absolute Gasteiger partial charge is 0.316 e. The fourth-order valence-electron chi connectivity index (χ4n) is 3.40. The van der Waals surface area contributed by atoms with Crippen LogP contribution in [0.5, 0.6) is 0 Å². The second-order valence-corrected chi connectivity index (χ2v) is 5.34. The van der Waals surface area contributed by atoms with Crippen molar-refractivity contribution >= 4 is 0 Å². The molecule has 3 fully saturated rings. The molecule has 1 N–H and O–H groups in total. The molecule has 0 saturated carbocycles. The number of nitrogens with one attached hydrogen (secondary N) is 1. The predicted molar refractivity (Wildman–Crippen MR) is 57.3 cm³/mol. The van der Waals surface area contributed by atoms with Crippen LogP contribution in [0, 0.1) is 11.8 Å². The minimum Gasteiger partial charge on any atom is -0.316 e. The Morgan fingerprint density at radius 1 is 1.07 bits per heavy atom. The van der Waals surface area contributed by atoms with Crippen molar-refractivity contribution in [2.45, 2.75) is 12.5 Å². The molecular weight excluding hydrogens is 174 g/mol. The minimum atomic E-state index is 0.866. The Balaban J connectivity index is 1.60. The predicted octanol–water partition coefficient (Wildman–Crippen LogP) is -0.158. The smallest absolute Gasteiger partial charge is 0.0235 e. The van der Waals surface area contributed by atoms with E-state index in [0.717, 1.165) is 17.9 Å². The minimum absolute atomic E-state index is 0.866. The maximum atomic E-state index is 3.51. The van der Waals surface area contributed by atoms with Crippen molar-refractivity contribution in [2.24, 2.45) is 11.8 Å². The van der Waals surface area contributed by atoms with E-state index in [1.807, 2.05) is 0 Å². The summed E-state index contributed by atoms with van der Waals surface area (Å²) in [7, 11) is 2.25. The molecule has 0 bridgehead atoms. The molecule has 3 saturated heterocycles. The van der Waals surface area contributed by atoms with Gasteiger partial charge in [-0.25, -0.2) is 0 Å². The molecule has 0 amide bonds. The van der Waals surface area contributed by atoms with Crippen LogP contribution in [0.4, 0.5) is 0 Å². The van der Waals surface area contributed by atoms with Crippen molar-refractivity contribution in [3.05, 3.63) is 0 Å². The quantitative estimate of drug-likeness (QED) is 0.627. The number of likely N-dealkylation sites (N-methyl/N-ethyl adjacent to an activating group) is 1. The topological polar surface area (TPSA) is 18.5 Å². The summed E-state index contributed by atoms with van der Waals surface area (Å²) >= 11 is 0. The van der Waals surface area contributed by atoms with E-state index in [4.69, 9.17) is 0 Å². The monoisotopic (exact) mass is 195 g/mol. The molecule has 3 heterocycles. The average molecular weight is 195 g/mol. The fraction of sp³-hybridized carbons (Fsp3) is 1.00. The Morgan fingerprint density at radius 3 is 2.36 bits per heavy atom. The van der Waals surface area contributed by atoms with Crippen LogP contribution in [0.25, 0.3) is 0 Å². The van der Waals surface area contributed by atoms with Gasteiger partial charge in [-0.15, -0.1) is 0 Å². The van der Waals surface area contributed by atoms with E-state index in [9.17, 15) is 0 Å². The lowest BCUT2D eigenvalue weighted by molar-refractivity contribution is 0.227. The van der Waals surface area contributed by atoms with E-state index in [1.165, 1.54) is 45.7 Å². The van der Waals surface area contributed by atoms with Gasteiger partial charge in [-0.1, -0.05) is 0 Å². The van der Waals surface area contributed by atoms with Gasteiger partial charge < -0.3 is 10.2 Å². The Hall–Kier alpha value is -0.120. The highest BCUT2D eigenvalue weighted by molar-refractivity contribution is 4.95. The molecule has 0 radical (unpaired) electrons. The van der Waals surface area contributed by atoms with Gasteiger partial charge in [0.25, 0.3) is 0 Å². The van der Waals surface area contributed by atoms with Gasteiger partial charge >= 0.3 is 0 Å². The lowest BCUT2D eigenvalue weighted by Crippen LogP contribution is -2.37. The summed E-state index contributed by atoms with van der Waals surface area (Å²) < 4.78 is 0. The standard InChI is InChI=1S/C11H21N3/c1-13-3-2-11(8-13)14-6-9-4-12-5-10(9)7-14/h9-12H,2-8H2,1H3/t9-,10+,11?. The van der Waals surface area contributed by atoms with Crippen molar-refractivity contribution < 1.29 is 0 Å². The van der Waals surface area contributed by atoms with Gasteiger partial charge in [0.15, 0.2) is 0 Å². The van der Waals surface area contributed by atoms with Gasteiger partial charge in [-0.05, 0) is 44.9 Å². The Morgan fingerprint density at radius 2 is 1.79 bits per heavy atom. The van der Waals surface area contributed by atoms with Crippen LogP contribution in [0.3, 0.4) is 0 Å². The van der Waals surface area contributed by atoms with Crippen molar-refractivity contribution in [3.8, 4) is 0 Å². The molecule has 0 aromatic carbocycles. The van der Waals surface area contributed by atoms with Crippen LogP contribution < -0.4 is 5.32 Å². The van der Waals surface area contributed by atoms with Crippen LogP contribution in [0.15, 0.2) is 0 Å². The first-order valence-electron chi connectivity index (χ1n) is 5.96. The summed E-state index contributed by atoms with van der Waals surface area (Å²) in [5.74, 6) is 1.92. The first-order valence-corrected chi connectivity index (χ1v) is 5.96. The second kappa shape index (κ2) is 3.47. The molecular formula is C11H21N3. The van der Waals surface area contributed by atoms with E-state index in [1.54, 1.807) is 0 Å². The molecule has 3 aliphatic rings. The van der Waals surface area contributed by atoms with E-state index >= 15 is 0 Å². The SMILES string of the molecule is CN1CCC(N2C[C@H]3CNC[C@H]3C2)C1. The zero-order valence-corrected chi connectivity index (χ0v) is 9.08. The number of nitrogens with zero attached hydrogens (tertiary/aromatic N) is 2. The van der Waals surface area contributed by atoms with Gasteiger partial charge in [-0.2, -0.15) is 0 Å². The normalized spacial score (nSPS) is 44.8. The summed E-state index contributed by atoms with van der Waals surface area (Å²) in [6, 6.07) is 0.866. The van der Waals surface area contributed by atoms with Gasteiger partial charge in [0.2, 0.25) is 0 Å². The zero-order chi connectivity index (χ0) is 9.54. The highest BCUT2D eigenvalue weighted by atomic mass is 15.3. The fourth-order valence-corrected chi connectivity index (χ4v) is 3.40. The third-order valence-corrected chi connectivity index (χ3v) is 4.30. The molecule has 0 aromatic heterocycles. The Kier molecular flexibility index (Phi) is 2.26. The Bertz CT molecular complexity index is 207. The molecule has 3 atom stereocenters. The van der Waals surface area contributed by atoms with Gasteiger partial charge in [0.1, 0.15) is 0 Å². The molecule has 0 aromatic rings. The molecule has 3 rings (SSSR count). The summed E-state index contributed by atoms with van der Waals surface area (Å²) in [5, 5.41) is 3.51. The van der Waals surface area contributed by atoms with Crippen LogP contribution in [0.1, 0.15) is 6.42 Å². The van der Waals surface area contributed by atoms with E-state index in [2.05, 4.69) is 22.2 Å². The van der Waals surface area contributed by atoms with Crippen molar-refractivity contribution in [2.75, 3.05) is 46.3 Å². The summed E-state index contributed by atoms with van der Waals surface area (Å²) in [4.78, 5) is 5.22. The van der Waals surface area contributed by atoms with Crippen molar-refractivity contribution in [1.82, 2.24) is 15.1 Å². The Labute approximate surface area is 86.4 Å². The van der Waals surface area contributed by atoms with E-state index in [0.29, 0.717) is 0 Å². The van der Waals surface area contributed by atoms with Crippen LogP contribution in [-0.2, 0) is 0 Å². The number of fused-ring (bicyclic) bond motifs is 1. The van der Waals surface area contributed by atoms with Crippen LogP contribution in [0.2, 0.25) is 0 Å². The highest BCUT2D eigenvalue weighted by Crippen LogP contribution is 2.29. The van der Waals surface area contributed by atoms with Crippen molar-refractivity contribution in [1.29, 1.82) is 0 Å². The molecule has 1 unspecified atom stereocenters. The molecule has 0 spiro atoms. The molecule has 3 nitrogen and oxygen atoms in total. The van der Waals surface area contributed by atoms with E-state index < -0.39 is 0 Å². The first-order chi connectivity index (χ1) is 6.83. The average Bonchev–Trinajstić information content (AvgIpc) is 2.75. The first kappa shape index (κ1) is 9.13. The molecule has 0 aliphatic carbocycles. The summed E-state index contributed by atoms with van der Waals surface area (Å²) in [6.07, 6.45) is 1.39. The van der Waals surface area contributed by atoms with Crippen LogP contribution >= 0.6 is 0 Å². The van der Waals surface area contributed by atoms with E-state index in [-0.39, 0.29) is 0 Å². The molecule has 3 aliphatic heterocycles. The lowest BCUT2D eigenvalue weighted by Gasteiger charge is -2.24. The zero-order valence-electron chi connectivity index (χ0n) is 9.08. The molecule has 80 valence electrons. The van der Waals surface area contributed by atoms with Gasteiger partial charge in [0.05, 0.1) is 0 Å². The highest BCUT2D eigenvalue weighted by Gasteiger charge is 2.39. The van der Waals surface area contributed by atoms with Crippen LogP contribution in [-0.4, -0.2) is 62.2 Å². The maximum Gasteiger partial charge on any atom is 0.0235 e. The van der Waals surface area contributed by atoms with Crippen molar-refractivity contribution in [3.63, 3.8) is 0 Å². The number of likely N-dealkylation sites (tertiary alicyclic amines) is 2. The summed E-state index contributed by atoms with van der Waals surface area (Å²) in [5.41, 5.74) is 0. The summed E-state index contributed by atoms with van der Waals surface area (Å²) in [6.45, 7) is 7.85. The third-order valence-electron chi connectivity index (χ3n) is 4.30. The van der Waals surface area contributed by atoms with Gasteiger partial charge in [-0.3, -0.25) is 4.90 Å². The second-order valence-electron chi connectivity index (χ2n) is 5.34. The number of hydrogen-bond acceptors (Lipinski definition) is 3. The number of rotatable bonds is 1. The molecule has 14 heavy (non-hydrogen) atoms. The number of hydrogen-bond donors (Lipinski definition) is 1. The maximum absolute atomic E-state index is 3.51. The molecule has 3 heteroatoms. The lowest BCUT2D eigenvalue weighted by atomic mass is 10.0. The third kappa shape index (κ3) is 1.47.